The number of hydrogen-bond acceptors (Lipinski definition) is 3. The second-order valence-electron chi connectivity index (χ2n) is 5.50. The summed E-state index contributed by atoms with van der Waals surface area (Å²) in [4.78, 5) is 29.6. The Morgan fingerprint density at radius 3 is 2.24 bits per heavy atom. The van der Waals surface area contributed by atoms with E-state index in [-0.39, 0.29) is 11.7 Å². The van der Waals surface area contributed by atoms with Crippen LogP contribution in [-0.4, -0.2) is 16.7 Å². The standard InChI is InChI=1S/C20H15ClN2O2/c1-13-5-4-8-18(22-13)23-20(25)17-7-3-2-6-16(17)19(24)14-9-11-15(21)12-10-14/h2-12H,1H3,(H,22,23,25). The van der Waals surface area contributed by atoms with Crippen molar-refractivity contribution >= 4 is 29.1 Å². The summed E-state index contributed by atoms with van der Waals surface area (Å²) in [6.07, 6.45) is 0. The average molecular weight is 351 g/mol. The summed E-state index contributed by atoms with van der Waals surface area (Å²) in [5, 5.41) is 3.28. The van der Waals surface area contributed by atoms with E-state index in [2.05, 4.69) is 10.3 Å². The summed E-state index contributed by atoms with van der Waals surface area (Å²) in [5.41, 5.74) is 1.89. The minimum absolute atomic E-state index is 0.236. The normalized spacial score (nSPS) is 10.3. The van der Waals surface area contributed by atoms with Crippen molar-refractivity contribution in [3.05, 3.63) is 94.1 Å². The maximum absolute atomic E-state index is 12.8. The number of carbonyl (C=O) groups excluding carboxylic acids is 2. The molecule has 0 unspecified atom stereocenters. The van der Waals surface area contributed by atoms with E-state index in [4.69, 9.17) is 11.6 Å². The van der Waals surface area contributed by atoms with Gasteiger partial charge < -0.3 is 5.32 Å². The van der Waals surface area contributed by atoms with Gasteiger partial charge in [-0.25, -0.2) is 4.98 Å². The number of hydrogen-bond donors (Lipinski definition) is 1. The molecule has 1 aromatic heterocycles. The molecule has 0 radical (unpaired) electrons. The largest absolute Gasteiger partial charge is 0.307 e. The number of carbonyl (C=O) groups is 2. The van der Waals surface area contributed by atoms with Crippen molar-refractivity contribution in [2.24, 2.45) is 0 Å². The van der Waals surface area contributed by atoms with Crippen LogP contribution in [0.15, 0.2) is 66.7 Å². The molecular weight excluding hydrogens is 336 g/mol. The average Bonchev–Trinajstić information content (AvgIpc) is 2.62. The first-order chi connectivity index (χ1) is 12.0. The highest BCUT2D eigenvalue weighted by Crippen LogP contribution is 2.18. The van der Waals surface area contributed by atoms with E-state index in [1.165, 1.54) is 0 Å². The van der Waals surface area contributed by atoms with E-state index < -0.39 is 0 Å². The maximum Gasteiger partial charge on any atom is 0.257 e. The lowest BCUT2D eigenvalue weighted by Gasteiger charge is -2.10. The molecule has 1 heterocycles. The van der Waals surface area contributed by atoms with Gasteiger partial charge in [-0.05, 0) is 49.4 Å². The molecule has 3 aromatic rings. The van der Waals surface area contributed by atoms with Gasteiger partial charge in [-0.3, -0.25) is 9.59 Å². The predicted molar refractivity (Wildman–Crippen MR) is 98.3 cm³/mol. The molecule has 1 amide bonds. The molecule has 4 nitrogen and oxygen atoms in total. The Balaban J connectivity index is 1.91. The number of aryl methyl sites for hydroxylation is 1. The molecule has 0 aliphatic carbocycles. The molecule has 0 saturated carbocycles. The number of nitrogens with zero attached hydrogens (tertiary/aromatic N) is 1. The first-order valence-electron chi connectivity index (χ1n) is 7.69. The van der Waals surface area contributed by atoms with Gasteiger partial charge in [-0.2, -0.15) is 0 Å². The van der Waals surface area contributed by atoms with Gasteiger partial charge in [0.1, 0.15) is 5.82 Å². The quantitative estimate of drug-likeness (QED) is 0.703. The Kier molecular flexibility index (Phi) is 4.91. The molecule has 0 spiro atoms. The van der Waals surface area contributed by atoms with E-state index >= 15 is 0 Å². The molecule has 0 fully saturated rings. The smallest absolute Gasteiger partial charge is 0.257 e. The number of pyridine rings is 1. The summed E-state index contributed by atoms with van der Waals surface area (Å²) in [6, 6.07) is 18.6. The van der Waals surface area contributed by atoms with Gasteiger partial charge in [0.15, 0.2) is 5.78 Å². The molecule has 25 heavy (non-hydrogen) atoms. The summed E-state index contributed by atoms with van der Waals surface area (Å²) in [5.74, 6) is -0.172. The van der Waals surface area contributed by atoms with Crippen molar-refractivity contribution in [1.29, 1.82) is 0 Å². The molecule has 1 N–H and O–H groups in total. The zero-order valence-corrected chi connectivity index (χ0v) is 14.2. The van der Waals surface area contributed by atoms with Crippen molar-refractivity contribution in [3.8, 4) is 0 Å². The minimum atomic E-state index is -0.379. The lowest BCUT2D eigenvalue weighted by Crippen LogP contribution is -2.17. The molecule has 0 saturated heterocycles. The number of halogens is 1. The van der Waals surface area contributed by atoms with Crippen molar-refractivity contribution < 1.29 is 9.59 Å². The molecule has 5 heteroatoms. The van der Waals surface area contributed by atoms with Gasteiger partial charge in [0.05, 0.1) is 5.56 Å². The Morgan fingerprint density at radius 2 is 1.56 bits per heavy atom. The van der Waals surface area contributed by atoms with Crippen LogP contribution in [0.4, 0.5) is 5.82 Å². The fraction of sp³-hybridized carbons (Fsp3) is 0.0500. The summed E-state index contributed by atoms with van der Waals surface area (Å²) in [6.45, 7) is 1.84. The molecule has 0 bridgehead atoms. The van der Waals surface area contributed by atoms with Crippen LogP contribution in [0, 0.1) is 6.92 Å². The topological polar surface area (TPSA) is 59.1 Å². The predicted octanol–water partition coefficient (Wildman–Crippen LogP) is 4.53. The lowest BCUT2D eigenvalue weighted by atomic mass is 9.98. The SMILES string of the molecule is Cc1cccc(NC(=O)c2ccccc2C(=O)c2ccc(Cl)cc2)n1. The van der Waals surface area contributed by atoms with Crippen LogP contribution in [-0.2, 0) is 0 Å². The highest BCUT2D eigenvalue weighted by molar-refractivity contribution is 6.30. The zero-order valence-electron chi connectivity index (χ0n) is 13.5. The second-order valence-corrected chi connectivity index (χ2v) is 5.94. The van der Waals surface area contributed by atoms with Crippen molar-refractivity contribution in [3.63, 3.8) is 0 Å². The highest BCUT2D eigenvalue weighted by Gasteiger charge is 2.18. The van der Waals surface area contributed by atoms with Crippen molar-refractivity contribution in [2.45, 2.75) is 6.92 Å². The minimum Gasteiger partial charge on any atom is -0.307 e. The van der Waals surface area contributed by atoms with Crippen LogP contribution >= 0.6 is 11.6 Å². The summed E-state index contributed by atoms with van der Waals surface area (Å²) >= 11 is 5.86. The van der Waals surface area contributed by atoms with Gasteiger partial charge in [0, 0.05) is 21.8 Å². The number of anilines is 1. The van der Waals surface area contributed by atoms with E-state index in [1.807, 2.05) is 19.1 Å². The third-order valence-electron chi connectivity index (χ3n) is 3.65. The van der Waals surface area contributed by atoms with Crippen molar-refractivity contribution in [1.82, 2.24) is 4.98 Å². The highest BCUT2D eigenvalue weighted by atomic mass is 35.5. The van der Waals surface area contributed by atoms with Gasteiger partial charge in [-0.1, -0.05) is 35.9 Å². The van der Waals surface area contributed by atoms with Crippen LogP contribution in [0.2, 0.25) is 5.02 Å². The summed E-state index contributed by atoms with van der Waals surface area (Å²) < 4.78 is 0. The van der Waals surface area contributed by atoms with Crippen LogP contribution in [0.5, 0.6) is 0 Å². The maximum atomic E-state index is 12.8. The van der Waals surface area contributed by atoms with E-state index in [0.29, 0.717) is 27.5 Å². The van der Waals surface area contributed by atoms with E-state index in [0.717, 1.165) is 5.69 Å². The van der Waals surface area contributed by atoms with Gasteiger partial charge >= 0.3 is 0 Å². The van der Waals surface area contributed by atoms with Gasteiger partial charge in [0.2, 0.25) is 0 Å². The van der Waals surface area contributed by atoms with Crippen LogP contribution in [0.3, 0.4) is 0 Å². The lowest BCUT2D eigenvalue weighted by molar-refractivity contribution is 0.0996. The monoisotopic (exact) mass is 350 g/mol. The Hall–Kier alpha value is -2.98. The second kappa shape index (κ2) is 7.28. The van der Waals surface area contributed by atoms with Gasteiger partial charge in [0.25, 0.3) is 5.91 Å². The number of ketones is 1. The Labute approximate surface area is 150 Å². The first kappa shape index (κ1) is 16.9. The number of aromatic nitrogens is 1. The van der Waals surface area contributed by atoms with E-state index in [9.17, 15) is 9.59 Å². The fourth-order valence-electron chi connectivity index (χ4n) is 2.43. The molecule has 124 valence electrons. The third-order valence-corrected chi connectivity index (χ3v) is 3.90. The molecular formula is C20H15ClN2O2. The number of amides is 1. The summed E-state index contributed by atoms with van der Waals surface area (Å²) in [7, 11) is 0. The van der Waals surface area contributed by atoms with Crippen LogP contribution in [0.1, 0.15) is 32.0 Å². The third kappa shape index (κ3) is 3.92. The molecule has 0 atom stereocenters. The van der Waals surface area contributed by atoms with Crippen molar-refractivity contribution in [2.75, 3.05) is 5.32 Å². The zero-order chi connectivity index (χ0) is 17.8. The van der Waals surface area contributed by atoms with Crippen LogP contribution in [0.25, 0.3) is 0 Å². The van der Waals surface area contributed by atoms with E-state index in [1.54, 1.807) is 54.6 Å². The van der Waals surface area contributed by atoms with Crippen LogP contribution < -0.4 is 5.32 Å². The first-order valence-corrected chi connectivity index (χ1v) is 8.07. The van der Waals surface area contributed by atoms with Gasteiger partial charge in [-0.15, -0.1) is 0 Å². The molecule has 3 rings (SSSR count). The fourth-order valence-corrected chi connectivity index (χ4v) is 2.56. The number of nitrogens with one attached hydrogen (secondary N) is 1. The Morgan fingerprint density at radius 1 is 0.880 bits per heavy atom. The molecule has 2 aromatic carbocycles. The Bertz CT molecular complexity index is 936. The number of benzene rings is 2. The molecule has 0 aliphatic heterocycles. The number of rotatable bonds is 4. The molecule has 0 aliphatic rings.